The summed E-state index contributed by atoms with van der Waals surface area (Å²) in [5.74, 6) is 0.531. The molecule has 7 rings (SSSR count). The molecule has 0 radical (unpaired) electrons. The summed E-state index contributed by atoms with van der Waals surface area (Å²) in [5.41, 5.74) is 1.21. The van der Waals surface area contributed by atoms with Crippen LogP contribution >= 0.6 is 0 Å². The number of amides is 2. The molecule has 3 saturated carbocycles. The van der Waals surface area contributed by atoms with Gasteiger partial charge in [-0.2, -0.15) is 0 Å². The maximum absolute atomic E-state index is 14.0. The fraction of sp³-hybridized carbons (Fsp3) is 0.531. The smallest absolute Gasteiger partial charge is 0.404 e. The second-order valence-corrected chi connectivity index (χ2v) is 13.1. The molecule has 3 heterocycles. The summed E-state index contributed by atoms with van der Waals surface area (Å²) < 4.78 is 15.3. The number of rotatable bonds is 11. The standard InChI is InChI=1S/C32H41BN6O4/c1-31(2)22-17-25(31)32(3)26(18-22)42-33(43-32)27(12-8-11-21-9-6-5-7-10-21)38-29(40)23(19-28-36-15-16-39(28)4)37-30(41)24-20-34-13-14-35-24/h5-7,9-10,13-16,20,22-23,25-27H,8,11-12,17-19H2,1-4H3,(H,37,41)(H,38,40)/t22-,23?,25-,26+,27-,32-/m0/s1. The fourth-order valence-corrected chi connectivity index (χ4v) is 7.44. The van der Waals surface area contributed by atoms with E-state index in [0.29, 0.717) is 24.1 Å². The summed E-state index contributed by atoms with van der Waals surface area (Å²) in [4.78, 5) is 39.6. The summed E-state index contributed by atoms with van der Waals surface area (Å²) in [6.07, 6.45) is 12.5. The van der Waals surface area contributed by atoms with Crippen LogP contribution in [0.4, 0.5) is 0 Å². The molecule has 4 fully saturated rings. The van der Waals surface area contributed by atoms with E-state index in [4.69, 9.17) is 9.31 Å². The molecule has 2 N–H and O–H groups in total. The Kier molecular flexibility index (Phi) is 8.13. The molecule has 6 atom stereocenters. The largest absolute Gasteiger partial charge is 0.481 e. The number of nitrogens with zero attached hydrogens (tertiary/aromatic N) is 4. The Morgan fingerprint density at radius 3 is 2.60 bits per heavy atom. The minimum absolute atomic E-state index is 0.00234. The molecule has 3 aliphatic carbocycles. The van der Waals surface area contributed by atoms with Crippen molar-refractivity contribution in [2.45, 2.75) is 83.0 Å². The van der Waals surface area contributed by atoms with Crippen molar-refractivity contribution in [3.05, 3.63) is 78.4 Å². The molecule has 4 aliphatic rings. The monoisotopic (exact) mass is 584 g/mol. The van der Waals surface area contributed by atoms with Gasteiger partial charge in [0.05, 0.1) is 23.8 Å². The quantitative estimate of drug-likeness (QED) is 0.332. The Hall–Kier alpha value is -3.57. The minimum atomic E-state index is -0.891. The van der Waals surface area contributed by atoms with Gasteiger partial charge in [0.15, 0.2) is 0 Å². The summed E-state index contributed by atoms with van der Waals surface area (Å²) in [5, 5.41) is 6.10. The third kappa shape index (κ3) is 5.84. The van der Waals surface area contributed by atoms with Gasteiger partial charge in [0.2, 0.25) is 5.91 Å². The molecule has 3 aromatic rings. The average molecular weight is 585 g/mol. The van der Waals surface area contributed by atoms with E-state index in [1.54, 1.807) is 6.20 Å². The maximum atomic E-state index is 14.0. The number of nitrogens with one attached hydrogen (secondary N) is 2. The molecule has 43 heavy (non-hydrogen) atoms. The van der Waals surface area contributed by atoms with Crippen molar-refractivity contribution >= 4 is 18.9 Å². The highest BCUT2D eigenvalue weighted by molar-refractivity contribution is 6.47. The molecular weight excluding hydrogens is 543 g/mol. The average Bonchev–Trinajstić information content (AvgIpc) is 3.58. The minimum Gasteiger partial charge on any atom is -0.404 e. The normalized spacial score (nSPS) is 26.6. The van der Waals surface area contributed by atoms with Crippen LogP contribution in [0.25, 0.3) is 0 Å². The van der Waals surface area contributed by atoms with E-state index in [2.05, 4.69) is 58.5 Å². The van der Waals surface area contributed by atoms with E-state index in [-0.39, 0.29) is 29.5 Å². The molecule has 11 heteroatoms. The zero-order chi connectivity index (χ0) is 30.2. The highest BCUT2D eigenvalue weighted by Crippen LogP contribution is 2.65. The van der Waals surface area contributed by atoms with Gasteiger partial charge in [-0.25, -0.2) is 9.97 Å². The highest BCUT2D eigenvalue weighted by atomic mass is 16.7. The van der Waals surface area contributed by atoms with Crippen LogP contribution in [0.2, 0.25) is 0 Å². The van der Waals surface area contributed by atoms with Gasteiger partial charge in [-0.05, 0) is 61.8 Å². The number of benzene rings is 1. The summed E-state index contributed by atoms with van der Waals surface area (Å²) in [6.45, 7) is 6.86. The lowest BCUT2D eigenvalue weighted by molar-refractivity contribution is -0.199. The number of aryl methyl sites for hydroxylation is 2. The summed E-state index contributed by atoms with van der Waals surface area (Å²) in [6, 6.07) is 9.44. The molecule has 1 aromatic carbocycles. The maximum Gasteiger partial charge on any atom is 0.481 e. The lowest BCUT2D eigenvalue weighted by Crippen LogP contribution is -2.65. The first-order valence-corrected chi connectivity index (χ1v) is 15.4. The molecule has 226 valence electrons. The van der Waals surface area contributed by atoms with Crippen molar-refractivity contribution in [3.63, 3.8) is 0 Å². The molecule has 1 unspecified atom stereocenters. The van der Waals surface area contributed by atoms with Crippen molar-refractivity contribution in [2.75, 3.05) is 0 Å². The van der Waals surface area contributed by atoms with Crippen LogP contribution in [0, 0.1) is 17.3 Å². The van der Waals surface area contributed by atoms with Gasteiger partial charge in [-0.15, -0.1) is 0 Å². The summed E-state index contributed by atoms with van der Waals surface area (Å²) >= 11 is 0. The third-order valence-corrected chi connectivity index (χ3v) is 10.2. The lowest BCUT2D eigenvalue weighted by atomic mass is 9.43. The van der Waals surface area contributed by atoms with Crippen molar-refractivity contribution in [1.29, 1.82) is 0 Å². The Bertz CT molecular complexity index is 1440. The van der Waals surface area contributed by atoms with Gasteiger partial charge < -0.3 is 24.5 Å². The Morgan fingerprint density at radius 1 is 1.09 bits per heavy atom. The SMILES string of the molecule is Cn1ccnc1CC(NC(=O)c1cnccn1)C(=O)N[C@@H](CCCc1ccccc1)B1O[C@@H]2C[C@@H]3C[C@@H](C3(C)C)[C@]2(C)O1. The van der Waals surface area contributed by atoms with Crippen molar-refractivity contribution in [3.8, 4) is 0 Å². The van der Waals surface area contributed by atoms with Crippen LogP contribution in [0.1, 0.15) is 68.3 Å². The zero-order valence-corrected chi connectivity index (χ0v) is 25.4. The van der Waals surface area contributed by atoms with E-state index < -0.39 is 30.6 Å². The Balaban J connectivity index is 1.21. The van der Waals surface area contributed by atoms with Crippen molar-refractivity contribution < 1.29 is 18.9 Å². The number of aromatic nitrogens is 4. The van der Waals surface area contributed by atoms with Gasteiger partial charge in [-0.3, -0.25) is 14.6 Å². The van der Waals surface area contributed by atoms with E-state index >= 15 is 0 Å². The lowest BCUT2D eigenvalue weighted by Gasteiger charge is -2.64. The van der Waals surface area contributed by atoms with Gasteiger partial charge >= 0.3 is 7.12 Å². The Morgan fingerprint density at radius 2 is 1.91 bits per heavy atom. The molecule has 2 bridgehead atoms. The van der Waals surface area contributed by atoms with Crippen LogP contribution in [0.5, 0.6) is 0 Å². The summed E-state index contributed by atoms with van der Waals surface area (Å²) in [7, 11) is 1.29. The molecule has 10 nitrogen and oxygen atoms in total. The van der Waals surface area contributed by atoms with Crippen LogP contribution in [0.15, 0.2) is 61.3 Å². The van der Waals surface area contributed by atoms with Crippen LogP contribution < -0.4 is 10.6 Å². The topological polar surface area (TPSA) is 120 Å². The first-order valence-electron chi connectivity index (χ1n) is 15.4. The van der Waals surface area contributed by atoms with E-state index in [9.17, 15) is 9.59 Å². The Labute approximate surface area is 253 Å². The van der Waals surface area contributed by atoms with E-state index in [1.165, 1.54) is 24.2 Å². The van der Waals surface area contributed by atoms with Crippen LogP contribution in [-0.2, 0) is 34.0 Å². The first-order chi connectivity index (χ1) is 20.6. The second-order valence-electron chi connectivity index (χ2n) is 13.1. The molecule has 0 spiro atoms. The highest BCUT2D eigenvalue weighted by Gasteiger charge is 2.68. The number of carbonyl (C=O) groups is 2. The van der Waals surface area contributed by atoms with Gasteiger partial charge in [0.25, 0.3) is 5.91 Å². The van der Waals surface area contributed by atoms with Crippen molar-refractivity contribution in [2.24, 2.45) is 24.3 Å². The molecule has 2 aromatic heterocycles. The van der Waals surface area contributed by atoms with Gasteiger partial charge in [0, 0.05) is 38.3 Å². The number of hydrogen-bond donors (Lipinski definition) is 2. The van der Waals surface area contributed by atoms with Gasteiger partial charge in [0.1, 0.15) is 17.6 Å². The predicted octanol–water partition coefficient (Wildman–Crippen LogP) is 3.33. The van der Waals surface area contributed by atoms with Crippen LogP contribution in [0.3, 0.4) is 0 Å². The predicted molar refractivity (Wildman–Crippen MR) is 162 cm³/mol. The second kappa shape index (κ2) is 11.8. The molecular formula is C32H41BN6O4. The first kappa shape index (κ1) is 29.5. The molecule has 2 amide bonds. The number of imidazole rings is 1. The number of carbonyl (C=O) groups excluding carboxylic acids is 2. The van der Waals surface area contributed by atoms with E-state index in [1.807, 2.05) is 36.0 Å². The number of hydrogen-bond acceptors (Lipinski definition) is 7. The molecule has 1 aliphatic heterocycles. The zero-order valence-electron chi connectivity index (χ0n) is 25.4. The fourth-order valence-electron chi connectivity index (χ4n) is 7.44. The third-order valence-electron chi connectivity index (χ3n) is 10.2. The van der Waals surface area contributed by atoms with Crippen molar-refractivity contribution in [1.82, 2.24) is 30.2 Å². The van der Waals surface area contributed by atoms with Crippen LogP contribution in [-0.4, -0.2) is 62.1 Å². The van der Waals surface area contributed by atoms with E-state index in [0.717, 1.165) is 25.7 Å². The van der Waals surface area contributed by atoms with Gasteiger partial charge in [-0.1, -0.05) is 44.2 Å². The molecule has 1 saturated heterocycles.